The number of hydrogen-bond acceptors (Lipinski definition) is 4. The normalized spacial score (nSPS) is 23.0. The molecule has 2 aliphatic rings. The van der Waals surface area contributed by atoms with E-state index in [1.54, 1.807) is 12.1 Å². The summed E-state index contributed by atoms with van der Waals surface area (Å²) in [5.41, 5.74) is 4.60. The third kappa shape index (κ3) is 4.14. The fraction of sp³-hybridized carbons (Fsp3) is 0.333. The Hall–Kier alpha value is -2.24. The highest BCUT2D eigenvalue weighted by Gasteiger charge is 2.35. The quantitative estimate of drug-likeness (QED) is 0.567. The molecular formula is C24H26ClN3OS. The smallest absolute Gasteiger partial charge is 0.264 e. The number of halogens is 1. The Morgan fingerprint density at radius 2 is 2.00 bits per heavy atom. The molecule has 0 aliphatic carbocycles. The number of nitrogens with zero attached hydrogens (tertiary/aromatic N) is 2. The van der Waals surface area contributed by atoms with Gasteiger partial charge in [-0.25, -0.2) is 4.99 Å². The molecule has 0 radical (unpaired) electrons. The van der Waals surface area contributed by atoms with Crippen LogP contribution in [-0.4, -0.2) is 23.2 Å². The summed E-state index contributed by atoms with van der Waals surface area (Å²) < 4.78 is 0. The molecule has 30 heavy (non-hydrogen) atoms. The first kappa shape index (κ1) is 21.0. The van der Waals surface area contributed by atoms with Gasteiger partial charge in [0.25, 0.3) is 5.91 Å². The monoisotopic (exact) mass is 439 g/mol. The van der Waals surface area contributed by atoms with E-state index in [0.717, 1.165) is 24.2 Å². The van der Waals surface area contributed by atoms with Gasteiger partial charge in [-0.3, -0.25) is 4.79 Å². The summed E-state index contributed by atoms with van der Waals surface area (Å²) in [4.78, 5) is 20.1. The number of fused-ring (bicyclic) bond motifs is 1. The molecular weight excluding hydrogens is 414 g/mol. The maximum Gasteiger partial charge on any atom is 0.264 e. The maximum atomic E-state index is 12.5. The topological polar surface area (TPSA) is 44.7 Å². The van der Waals surface area contributed by atoms with Crippen LogP contribution in [0.5, 0.6) is 0 Å². The van der Waals surface area contributed by atoms with E-state index in [1.807, 2.05) is 18.2 Å². The average Bonchev–Trinajstić information content (AvgIpc) is 3.02. The van der Waals surface area contributed by atoms with Crippen LogP contribution in [0.1, 0.15) is 51.2 Å². The van der Waals surface area contributed by atoms with E-state index >= 15 is 0 Å². The number of nitrogens with one attached hydrogen (secondary N) is 1. The van der Waals surface area contributed by atoms with Crippen LogP contribution in [0.2, 0.25) is 5.02 Å². The Bertz CT molecular complexity index is 1040. The third-order valence-corrected chi connectivity index (χ3v) is 6.89. The molecule has 2 aromatic carbocycles. The molecule has 0 unspecified atom stereocenters. The van der Waals surface area contributed by atoms with Crippen molar-refractivity contribution in [2.75, 3.05) is 11.4 Å². The van der Waals surface area contributed by atoms with Crippen LogP contribution in [-0.2, 0) is 4.79 Å². The first-order valence-electron chi connectivity index (χ1n) is 10.2. The van der Waals surface area contributed by atoms with Gasteiger partial charge in [-0.1, -0.05) is 24.6 Å². The van der Waals surface area contributed by atoms with Gasteiger partial charge in [0.1, 0.15) is 0 Å². The van der Waals surface area contributed by atoms with Crippen molar-refractivity contribution in [2.24, 2.45) is 4.99 Å². The number of aliphatic imine (C=N–C) groups is 1. The zero-order valence-corrected chi connectivity index (χ0v) is 19.3. The molecule has 0 aromatic heterocycles. The van der Waals surface area contributed by atoms with Gasteiger partial charge in [-0.15, -0.1) is 0 Å². The molecule has 2 heterocycles. The van der Waals surface area contributed by atoms with Crippen molar-refractivity contribution in [3.63, 3.8) is 0 Å². The number of amides is 1. The van der Waals surface area contributed by atoms with Gasteiger partial charge < -0.3 is 10.2 Å². The largest absolute Gasteiger partial charge is 0.366 e. The van der Waals surface area contributed by atoms with Crippen molar-refractivity contribution in [3.05, 3.63) is 63.5 Å². The Morgan fingerprint density at radius 3 is 2.70 bits per heavy atom. The predicted molar refractivity (Wildman–Crippen MR) is 129 cm³/mol. The molecule has 156 valence electrons. The average molecular weight is 440 g/mol. The second-order valence-electron chi connectivity index (χ2n) is 8.44. The zero-order chi connectivity index (χ0) is 21.5. The number of thioether (sulfide) groups is 1. The lowest BCUT2D eigenvalue weighted by Crippen LogP contribution is -2.48. The molecule has 1 N–H and O–H groups in total. The molecule has 2 aromatic rings. The third-order valence-electron chi connectivity index (χ3n) is 5.73. The minimum absolute atomic E-state index is 0.116. The highest BCUT2D eigenvalue weighted by atomic mass is 35.5. The molecule has 4 nitrogen and oxygen atoms in total. The van der Waals surface area contributed by atoms with Gasteiger partial charge in [0.05, 0.1) is 10.6 Å². The van der Waals surface area contributed by atoms with Crippen LogP contribution >= 0.6 is 23.4 Å². The Kier molecular flexibility index (Phi) is 5.69. The number of hydrogen-bond donors (Lipinski definition) is 1. The number of carbonyl (C=O) groups excluding carboxylic acids is 1. The summed E-state index contributed by atoms with van der Waals surface area (Å²) in [6, 6.07) is 13.8. The van der Waals surface area contributed by atoms with Gasteiger partial charge in [0.2, 0.25) is 0 Å². The molecule has 2 aliphatic heterocycles. The van der Waals surface area contributed by atoms with Gasteiger partial charge in [0, 0.05) is 22.8 Å². The van der Waals surface area contributed by atoms with Crippen molar-refractivity contribution in [1.82, 2.24) is 5.32 Å². The van der Waals surface area contributed by atoms with Gasteiger partial charge >= 0.3 is 0 Å². The first-order chi connectivity index (χ1) is 14.3. The molecule has 0 spiro atoms. The van der Waals surface area contributed by atoms with E-state index in [-0.39, 0.29) is 11.4 Å². The van der Waals surface area contributed by atoms with Crippen molar-refractivity contribution < 1.29 is 4.79 Å². The predicted octanol–water partition coefficient (Wildman–Crippen LogP) is 6.34. The second-order valence-corrected chi connectivity index (χ2v) is 9.91. The highest BCUT2D eigenvalue weighted by Crippen LogP contribution is 2.43. The lowest BCUT2D eigenvalue weighted by molar-refractivity contribution is -0.115. The second kappa shape index (κ2) is 8.12. The van der Waals surface area contributed by atoms with Gasteiger partial charge in [0.15, 0.2) is 5.17 Å². The van der Waals surface area contributed by atoms with Crippen LogP contribution < -0.4 is 10.2 Å². The molecule has 0 bridgehead atoms. The van der Waals surface area contributed by atoms with Crippen LogP contribution in [0.25, 0.3) is 6.08 Å². The van der Waals surface area contributed by atoms with Gasteiger partial charge in [-0.05, 0) is 98.5 Å². The van der Waals surface area contributed by atoms with Gasteiger partial charge in [-0.2, -0.15) is 0 Å². The number of anilines is 1. The SMILES string of the molecule is CCN1c2ccc(/C=C3\SC(=Nc4ccc(Cl)cc4)NC3=O)cc2[C@H](C)CC1(C)C. The molecule has 4 rings (SSSR count). The molecule has 1 amide bonds. The lowest BCUT2D eigenvalue weighted by atomic mass is 9.79. The van der Waals surface area contributed by atoms with Crippen LogP contribution in [0.3, 0.4) is 0 Å². The minimum atomic E-state index is -0.116. The maximum absolute atomic E-state index is 12.5. The number of benzene rings is 2. The summed E-state index contributed by atoms with van der Waals surface area (Å²) in [5, 5.41) is 4.09. The zero-order valence-electron chi connectivity index (χ0n) is 17.7. The number of rotatable bonds is 3. The van der Waals surface area contributed by atoms with E-state index in [4.69, 9.17) is 11.6 Å². The van der Waals surface area contributed by atoms with Crippen molar-refractivity contribution in [1.29, 1.82) is 0 Å². The van der Waals surface area contributed by atoms with E-state index < -0.39 is 0 Å². The standard InChI is InChI=1S/C24H26ClN3OS/c1-5-28-20-11-6-16(12-19(20)15(2)14-24(28,3)4)13-21-22(29)27-23(30-21)26-18-9-7-17(25)8-10-18/h6-13,15H,5,14H2,1-4H3,(H,26,27,29)/b21-13-/t15-/m1/s1. The van der Waals surface area contributed by atoms with Crippen LogP contribution in [0.15, 0.2) is 52.4 Å². The van der Waals surface area contributed by atoms with Crippen molar-refractivity contribution in [3.8, 4) is 0 Å². The molecule has 1 saturated heterocycles. The fourth-order valence-electron chi connectivity index (χ4n) is 4.46. The van der Waals surface area contributed by atoms with E-state index in [2.05, 4.69) is 61.1 Å². The summed E-state index contributed by atoms with van der Waals surface area (Å²) in [6.45, 7) is 10.1. The Balaban J connectivity index is 1.60. The first-order valence-corrected chi connectivity index (χ1v) is 11.4. The summed E-state index contributed by atoms with van der Waals surface area (Å²) in [5.74, 6) is 0.359. The molecule has 1 fully saturated rings. The summed E-state index contributed by atoms with van der Waals surface area (Å²) >= 11 is 7.29. The van der Waals surface area contributed by atoms with E-state index in [0.29, 0.717) is 21.0 Å². The molecule has 0 saturated carbocycles. The number of amidine groups is 1. The van der Waals surface area contributed by atoms with Crippen LogP contribution in [0, 0.1) is 0 Å². The summed E-state index contributed by atoms with van der Waals surface area (Å²) in [6.07, 6.45) is 3.06. The van der Waals surface area contributed by atoms with Crippen LogP contribution in [0.4, 0.5) is 11.4 Å². The summed E-state index contributed by atoms with van der Waals surface area (Å²) in [7, 11) is 0. The minimum Gasteiger partial charge on any atom is -0.366 e. The highest BCUT2D eigenvalue weighted by molar-refractivity contribution is 8.18. The molecule has 1 atom stereocenters. The van der Waals surface area contributed by atoms with Crippen molar-refractivity contribution in [2.45, 2.75) is 45.6 Å². The Labute approximate surface area is 187 Å². The number of carbonyl (C=O) groups is 1. The Morgan fingerprint density at radius 1 is 1.27 bits per heavy atom. The van der Waals surface area contributed by atoms with E-state index in [1.165, 1.54) is 23.0 Å². The molecule has 6 heteroatoms. The fourth-order valence-corrected chi connectivity index (χ4v) is 5.43. The van der Waals surface area contributed by atoms with Crippen molar-refractivity contribution >= 4 is 51.9 Å². The lowest BCUT2D eigenvalue weighted by Gasteiger charge is -2.47. The van der Waals surface area contributed by atoms with E-state index in [9.17, 15) is 4.79 Å².